The SMILES string of the molecule is Cn1c(=O)[nH]c(=O)c2c(=O)c(C(=O)O)c[nH]c21. The molecule has 2 rings (SSSR count). The molecule has 0 aliphatic carbocycles. The smallest absolute Gasteiger partial charge is 0.341 e. The molecule has 3 N–H and O–H groups in total. The van der Waals surface area contributed by atoms with Crippen LogP contribution in [0.1, 0.15) is 10.4 Å². The Hall–Kier alpha value is -2.64. The number of carbonyl (C=O) groups is 1. The molecule has 2 aromatic heterocycles. The number of rotatable bonds is 1. The second kappa shape index (κ2) is 3.44. The summed E-state index contributed by atoms with van der Waals surface area (Å²) < 4.78 is 1.02. The summed E-state index contributed by atoms with van der Waals surface area (Å²) in [5.74, 6) is -1.44. The zero-order valence-corrected chi connectivity index (χ0v) is 8.60. The molecule has 0 unspecified atom stereocenters. The van der Waals surface area contributed by atoms with Gasteiger partial charge in [0.05, 0.1) is 0 Å². The van der Waals surface area contributed by atoms with Crippen LogP contribution in [0.3, 0.4) is 0 Å². The Balaban J connectivity index is 3.14. The molecule has 0 spiro atoms. The highest BCUT2D eigenvalue weighted by molar-refractivity contribution is 5.91. The van der Waals surface area contributed by atoms with Crippen LogP contribution >= 0.6 is 0 Å². The Morgan fingerprint density at radius 1 is 1.35 bits per heavy atom. The van der Waals surface area contributed by atoms with Crippen LogP contribution in [0.5, 0.6) is 0 Å². The lowest BCUT2D eigenvalue weighted by Gasteiger charge is -2.03. The van der Waals surface area contributed by atoms with Crippen LogP contribution in [-0.4, -0.2) is 25.6 Å². The van der Waals surface area contributed by atoms with Crippen molar-refractivity contribution >= 4 is 17.0 Å². The van der Waals surface area contributed by atoms with E-state index in [9.17, 15) is 19.2 Å². The van der Waals surface area contributed by atoms with E-state index in [1.807, 2.05) is 4.98 Å². The van der Waals surface area contributed by atoms with Crippen LogP contribution < -0.4 is 16.7 Å². The van der Waals surface area contributed by atoms with Gasteiger partial charge >= 0.3 is 11.7 Å². The van der Waals surface area contributed by atoms with Crippen molar-refractivity contribution in [3.63, 3.8) is 0 Å². The highest BCUT2D eigenvalue weighted by atomic mass is 16.4. The van der Waals surface area contributed by atoms with E-state index in [1.54, 1.807) is 0 Å². The highest BCUT2D eigenvalue weighted by Crippen LogP contribution is 1.99. The quantitative estimate of drug-likeness (QED) is 0.563. The monoisotopic (exact) mass is 237 g/mol. The van der Waals surface area contributed by atoms with Gasteiger partial charge in [0.1, 0.15) is 16.6 Å². The Bertz CT molecular complexity index is 795. The molecule has 0 saturated heterocycles. The number of aromatic carboxylic acids is 1. The molecule has 0 aromatic carbocycles. The molecule has 88 valence electrons. The fourth-order valence-corrected chi connectivity index (χ4v) is 1.50. The van der Waals surface area contributed by atoms with Crippen molar-refractivity contribution in [3.8, 4) is 0 Å². The lowest BCUT2D eigenvalue weighted by Crippen LogP contribution is -2.33. The van der Waals surface area contributed by atoms with E-state index in [4.69, 9.17) is 5.11 Å². The van der Waals surface area contributed by atoms with Crippen molar-refractivity contribution in [2.75, 3.05) is 0 Å². The van der Waals surface area contributed by atoms with E-state index in [0.29, 0.717) is 0 Å². The molecule has 2 heterocycles. The summed E-state index contributed by atoms with van der Waals surface area (Å²) >= 11 is 0. The van der Waals surface area contributed by atoms with Crippen LogP contribution in [0.25, 0.3) is 11.0 Å². The Labute approximate surface area is 92.2 Å². The molecule has 2 aromatic rings. The molecule has 0 aliphatic heterocycles. The molecule has 0 aliphatic rings. The summed E-state index contributed by atoms with van der Waals surface area (Å²) in [7, 11) is 1.34. The van der Waals surface area contributed by atoms with E-state index in [-0.39, 0.29) is 11.0 Å². The minimum Gasteiger partial charge on any atom is -0.477 e. The Kier molecular flexibility index (Phi) is 2.20. The number of hydrogen-bond acceptors (Lipinski definition) is 4. The van der Waals surface area contributed by atoms with Gasteiger partial charge in [0, 0.05) is 13.2 Å². The second-order valence-electron chi connectivity index (χ2n) is 3.38. The number of aryl methyl sites for hydroxylation is 1. The summed E-state index contributed by atoms with van der Waals surface area (Å²) in [5, 5.41) is 8.36. The van der Waals surface area contributed by atoms with Crippen molar-refractivity contribution < 1.29 is 9.90 Å². The standard InChI is InChI=1S/C9H7N3O5/c1-12-6-4(7(14)11-9(12)17)5(13)3(2-10-6)8(15)16/h2H,1H3,(H,10,13)(H,15,16)(H,11,14,17). The number of aromatic nitrogens is 3. The lowest BCUT2D eigenvalue weighted by atomic mass is 10.2. The fourth-order valence-electron chi connectivity index (χ4n) is 1.50. The topological polar surface area (TPSA) is 125 Å². The number of pyridine rings is 1. The van der Waals surface area contributed by atoms with E-state index in [0.717, 1.165) is 10.8 Å². The first-order valence-corrected chi connectivity index (χ1v) is 4.51. The van der Waals surface area contributed by atoms with Gasteiger partial charge in [0.15, 0.2) is 0 Å². The largest absolute Gasteiger partial charge is 0.477 e. The number of carboxylic acids is 1. The molecule has 0 atom stereocenters. The van der Waals surface area contributed by atoms with Crippen molar-refractivity contribution in [3.05, 3.63) is 42.8 Å². The average molecular weight is 237 g/mol. The first-order valence-electron chi connectivity index (χ1n) is 4.51. The van der Waals surface area contributed by atoms with Gasteiger partial charge in [-0.2, -0.15) is 0 Å². The Morgan fingerprint density at radius 3 is 2.59 bits per heavy atom. The van der Waals surface area contributed by atoms with Gasteiger partial charge < -0.3 is 10.1 Å². The molecule has 0 bridgehead atoms. The minimum atomic E-state index is -1.44. The summed E-state index contributed by atoms with van der Waals surface area (Å²) in [6, 6.07) is 0. The number of fused-ring (bicyclic) bond motifs is 1. The van der Waals surface area contributed by atoms with Crippen molar-refractivity contribution in [2.24, 2.45) is 7.05 Å². The number of nitrogens with one attached hydrogen (secondary N) is 2. The van der Waals surface area contributed by atoms with Gasteiger partial charge in [-0.1, -0.05) is 0 Å². The van der Waals surface area contributed by atoms with E-state index >= 15 is 0 Å². The van der Waals surface area contributed by atoms with Gasteiger partial charge in [-0.15, -0.1) is 0 Å². The molecular weight excluding hydrogens is 230 g/mol. The second-order valence-corrected chi connectivity index (χ2v) is 3.38. The predicted octanol–water partition coefficient (Wildman–Crippen LogP) is -1.39. The predicted molar refractivity (Wildman–Crippen MR) is 57.4 cm³/mol. The fraction of sp³-hybridized carbons (Fsp3) is 0.111. The van der Waals surface area contributed by atoms with Gasteiger partial charge in [0.25, 0.3) is 5.56 Å². The van der Waals surface area contributed by atoms with E-state index in [1.165, 1.54) is 7.05 Å². The van der Waals surface area contributed by atoms with Crippen molar-refractivity contribution in [2.45, 2.75) is 0 Å². The summed E-state index contributed by atoms with van der Waals surface area (Å²) in [6.07, 6.45) is 0.950. The van der Waals surface area contributed by atoms with Crippen LogP contribution in [0, 0.1) is 0 Å². The number of aromatic amines is 2. The molecule has 8 heteroatoms. The molecule has 17 heavy (non-hydrogen) atoms. The van der Waals surface area contributed by atoms with Gasteiger partial charge in [0.2, 0.25) is 5.43 Å². The maximum absolute atomic E-state index is 11.7. The van der Waals surface area contributed by atoms with Crippen molar-refractivity contribution in [1.29, 1.82) is 0 Å². The van der Waals surface area contributed by atoms with Gasteiger partial charge in [-0.3, -0.25) is 19.1 Å². The average Bonchev–Trinajstić information content (AvgIpc) is 2.25. The molecular formula is C9H7N3O5. The molecule has 0 radical (unpaired) electrons. The maximum Gasteiger partial charge on any atom is 0.341 e. The first-order chi connectivity index (χ1) is 7.93. The van der Waals surface area contributed by atoms with Crippen LogP contribution in [0.4, 0.5) is 0 Å². The third kappa shape index (κ3) is 1.46. The molecule has 0 amide bonds. The molecule has 0 fully saturated rings. The first kappa shape index (κ1) is 10.9. The number of nitrogens with zero attached hydrogens (tertiary/aromatic N) is 1. The number of carboxylic acid groups (broad SMARTS) is 1. The summed E-state index contributed by atoms with van der Waals surface area (Å²) in [5.41, 5.74) is -3.10. The van der Waals surface area contributed by atoms with E-state index < -0.39 is 28.2 Å². The lowest BCUT2D eigenvalue weighted by molar-refractivity contribution is 0.0695. The summed E-state index contributed by atoms with van der Waals surface area (Å²) in [6.45, 7) is 0. The third-order valence-electron chi connectivity index (χ3n) is 2.38. The molecule has 0 saturated carbocycles. The van der Waals surface area contributed by atoms with Gasteiger partial charge in [-0.25, -0.2) is 9.59 Å². The normalized spacial score (nSPS) is 10.6. The molecule has 8 nitrogen and oxygen atoms in total. The van der Waals surface area contributed by atoms with Crippen LogP contribution in [-0.2, 0) is 7.05 Å². The van der Waals surface area contributed by atoms with E-state index in [2.05, 4.69) is 4.98 Å². The summed E-state index contributed by atoms with van der Waals surface area (Å²) in [4.78, 5) is 49.5. The van der Waals surface area contributed by atoms with Crippen molar-refractivity contribution in [1.82, 2.24) is 14.5 Å². The minimum absolute atomic E-state index is 0.0197. The highest BCUT2D eigenvalue weighted by Gasteiger charge is 2.15. The maximum atomic E-state index is 11.7. The van der Waals surface area contributed by atoms with Crippen LogP contribution in [0.15, 0.2) is 20.6 Å². The van der Waals surface area contributed by atoms with Gasteiger partial charge in [-0.05, 0) is 0 Å². The zero-order chi connectivity index (χ0) is 12.7. The third-order valence-corrected chi connectivity index (χ3v) is 2.38. The Morgan fingerprint density at radius 2 is 2.00 bits per heavy atom. The number of H-pyrrole nitrogens is 2. The zero-order valence-electron chi connectivity index (χ0n) is 8.60. The van der Waals surface area contributed by atoms with Crippen LogP contribution in [0.2, 0.25) is 0 Å². The number of hydrogen-bond donors (Lipinski definition) is 3.